The van der Waals surface area contributed by atoms with Gasteiger partial charge in [-0.05, 0) is 19.9 Å². The highest BCUT2D eigenvalue weighted by Crippen LogP contribution is 2.27. The molecule has 100 valence electrons. The summed E-state index contributed by atoms with van der Waals surface area (Å²) in [5.41, 5.74) is -1.34. The molecule has 2 rings (SSSR count). The van der Waals surface area contributed by atoms with Crippen LogP contribution < -0.4 is 0 Å². The molecule has 1 aromatic carbocycles. The first-order valence-corrected chi connectivity index (χ1v) is 5.58. The number of carbonyl (C=O) groups excluding carboxylic acids is 2. The molecule has 0 saturated heterocycles. The van der Waals surface area contributed by atoms with Crippen molar-refractivity contribution in [3.63, 3.8) is 0 Å². The number of non-ortho nitro benzene ring substituents is 1. The first kappa shape index (κ1) is 13.2. The number of aliphatic hydroxyl groups is 1. The van der Waals surface area contributed by atoms with Crippen LogP contribution in [0, 0.1) is 10.1 Å². The summed E-state index contributed by atoms with van der Waals surface area (Å²) in [6, 6.07) is 3.52. The van der Waals surface area contributed by atoms with Crippen LogP contribution in [0.1, 0.15) is 34.6 Å². The first-order valence-electron chi connectivity index (χ1n) is 5.58. The Hall–Kier alpha value is -2.28. The summed E-state index contributed by atoms with van der Waals surface area (Å²) >= 11 is 0. The third kappa shape index (κ3) is 2.32. The first-order chi connectivity index (χ1) is 8.70. The molecule has 0 radical (unpaired) electrons. The quantitative estimate of drug-likeness (QED) is 0.498. The minimum absolute atomic E-state index is 0.00319. The van der Waals surface area contributed by atoms with Gasteiger partial charge >= 0.3 is 0 Å². The molecule has 0 aliphatic carbocycles. The lowest BCUT2D eigenvalue weighted by molar-refractivity contribution is -0.384. The number of nitro groups is 1. The normalized spacial score (nSPS) is 14.8. The van der Waals surface area contributed by atoms with E-state index in [0.29, 0.717) is 0 Å². The topological polar surface area (TPSA) is 101 Å². The fourth-order valence-electron chi connectivity index (χ4n) is 1.92. The van der Waals surface area contributed by atoms with E-state index < -0.39 is 22.3 Å². The minimum atomic E-state index is -1.22. The maximum Gasteiger partial charge on any atom is 0.270 e. The van der Waals surface area contributed by atoms with E-state index in [9.17, 15) is 24.8 Å². The molecule has 7 nitrogen and oxygen atoms in total. The van der Waals surface area contributed by atoms with Crippen LogP contribution in [0.15, 0.2) is 18.2 Å². The highest BCUT2D eigenvalue weighted by Gasteiger charge is 2.38. The maximum absolute atomic E-state index is 12.0. The number of imide groups is 1. The summed E-state index contributed by atoms with van der Waals surface area (Å²) in [6.07, 6.45) is 0. The number of amides is 2. The second kappa shape index (κ2) is 4.13. The lowest BCUT2D eigenvalue weighted by Gasteiger charge is -2.23. The fraction of sp³-hybridized carbons (Fsp3) is 0.333. The van der Waals surface area contributed by atoms with Crippen molar-refractivity contribution < 1.29 is 19.6 Å². The molecular weight excluding hydrogens is 252 g/mol. The highest BCUT2D eigenvalue weighted by molar-refractivity contribution is 6.21. The molecule has 0 saturated carbocycles. The van der Waals surface area contributed by atoms with Gasteiger partial charge in [-0.3, -0.25) is 24.6 Å². The Labute approximate surface area is 108 Å². The summed E-state index contributed by atoms with van der Waals surface area (Å²) in [5.74, 6) is -1.16. The standard InChI is InChI=1S/C12H12N2O5/c1-12(2,17)6-13-10(15)8-4-3-7(14(18)19)5-9(8)11(13)16/h3-5,17H,6H2,1-2H3. The minimum Gasteiger partial charge on any atom is -0.389 e. The smallest absolute Gasteiger partial charge is 0.270 e. The van der Waals surface area contributed by atoms with Crippen molar-refractivity contribution >= 4 is 17.5 Å². The number of fused-ring (bicyclic) bond motifs is 1. The Bertz CT molecular complexity index is 588. The predicted molar refractivity (Wildman–Crippen MR) is 64.8 cm³/mol. The molecule has 0 spiro atoms. The summed E-state index contributed by atoms with van der Waals surface area (Å²) in [7, 11) is 0. The number of benzene rings is 1. The third-order valence-electron chi connectivity index (χ3n) is 2.71. The van der Waals surface area contributed by atoms with Crippen molar-refractivity contribution in [2.24, 2.45) is 0 Å². The summed E-state index contributed by atoms with van der Waals surface area (Å²) in [6.45, 7) is 2.78. The van der Waals surface area contributed by atoms with Crippen molar-refractivity contribution in [2.75, 3.05) is 6.54 Å². The summed E-state index contributed by atoms with van der Waals surface area (Å²) in [4.78, 5) is 34.9. The molecule has 1 N–H and O–H groups in total. The van der Waals surface area contributed by atoms with E-state index in [-0.39, 0.29) is 23.4 Å². The Morgan fingerprint density at radius 2 is 1.84 bits per heavy atom. The van der Waals surface area contributed by atoms with E-state index in [2.05, 4.69) is 0 Å². The molecule has 1 aromatic rings. The van der Waals surface area contributed by atoms with Crippen molar-refractivity contribution in [1.82, 2.24) is 4.90 Å². The number of nitrogens with zero attached hydrogens (tertiary/aromatic N) is 2. The lowest BCUT2D eigenvalue weighted by Crippen LogP contribution is -2.41. The second-order valence-electron chi connectivity index (χ2n) is 5.00. The van der Waals surface area contributed by atoms with Crippen LogP contribution in [0.4, 0.5) is 5.69 Å². The maximum atomic E-state index is 12.0. The SMILES string of the molecule is CC(C)(O)CN1C(=O)c2ccc([N+](=O)[O-])cc2C1=O. The van der Waals surface area contributed by atoms with E-state index in [0.717, 1.165) is 11.0 Å². The largest absolute Gasteiger partial charge is 0.389 e. The molecule has 0 fully saturated rings. The van der Waals surface area contributed by atoms with Crippen LogP contribution in [0.5, 0.6) is 0 Å². The van der Waals surface area contributed by atoms with Gasteiger partial charge in [-0.15, -0.1) is 0 Å². The van der Waals surface area contributed by atoms with Crippen molar-refractivity contribution in [3.8, 4) is 0 Å². The zero-order chi connectivity index (χ0) is 14.4. The molecular formula is C12H12N2O5. The molecule has 0 unspecified atom stereocenters. The number of carbonyl (C=O) groups is 2. The molecule has 7 heteroatoms. The molecule has 2 amide bonds. The Balaban J connectivity index is 2.42. The summed E-state index contributed by atoms with van der Waals surface area (Å²) in [5, 5.41) is 20.3. The van der Waals surface area contributed by atoms with Gasteiger partial charge in [-0.2, -0.15) is 0 Å². The van der Waals surface area contributed by atoms with Crippen molar-refractivity contribution in [2.45, 2.75) is 19.4 Å². The van der Waals surface area contributed by atoms with Gasteiger partial charge in [0.2, 0.25) is 0 Å². The van der Waals surface area contributed by atoms with Crippen LogP contribution in [0.3, 0.4) is 0 Å². The summed E-state index contributed by atoms with van der Waals surface area (Å²) < 4.78 is 0. The van der Waals surface area contributed by atoms with Gasteiger partial charge in [0.05, 0.1) is 28.2 Å². The van der Waals surface area contributed by atoms with Crippen LogP contribution in [-0.2, 0) is 0 Å². The second-order valence-corrected chi connectivity index (χ2v) is 5.00. The van der Waals surface area contributed by atoms with Crippen LogP contribution in [-0.4, -0.2) is 38.9 Å². The zero-order valence-corrected chi connectivity index (χ0v) is 10.4. The van der Waals surface area contributed by atoms with E-state index in [4.69, 9.17) is 0 Å². The third-order valence-corrected chi connectivity index (χ3v) is 2.71. The molecule has 1 aliphatic rings. The number of β-amino-alcohol motifs (C(OH)–C–C–N with tert-alkyl or cyclic N) is 1. The molecule has 0 aromatic heterocycles. The number of rotatable bonds is 3. The van der Waals surface area contributed by atoms with Gasteiger partial charge in [0.15, 0.2) is 0 Å². The lowest BCUT2D eigenvalue weighted by atomic mass is 10.1. The Kier molecular flexibility index (Phi) is 2.86. The molecule has 1 heterocycles. The van der Waals surface area contributed by atoms with Crippen LogP contribution >= 0.6 is 0 Å². The van der Waals surface area contributed by atoms with Gasteiger partial charge < -0.3 is 5.11 Å². The van der Waals surface area contributed by atoms with Gasteiger partial charge in [-0.1, -0.05) is 0 Å². The van der Waals surface area contributed by atoms with Crippen LogP contribution in [0.25, 0.3) is 0 Å². The molecule has 0 bridgehead atoms. The number of nitro benzene ring substituents is 1. The van der Waals surface area contributed by atoms with E-state index in [1.165, 1.54) is 26.0 Å². The highest BCUT2D eigenvalue weighted by atomic mass is 16.6. The van der Waals surface area contributed by atoms with E-state index in [1.807, 2.05) is 0 Å². The van der Waals surface area contributed by atoms with E-state index in [1.54, 1.807) is 0 Å². The van der Waals surface area contributed by atoms with Gasteiger partial charge in [0, 0.05) is 12.1 Å². The molecule has 1 aliphatic heterocycles. The monoisotopic (exact) mass is 264 g/mol. The fourth-order valence-corrected chi connectivity index (χ4v) is 1.92. The van der Waals surface area contributed by atoms with Crippen LogP contribution in [0.2, 0.25) is 0 Å². The predicted octanol–water partition coefficient (Wildman–Crippen LogP) is 0.962. The number of hydrogen-bond donors (Lipinski definition) is 1. The van der Waals surface area contributed by atoms with E-state index >= 15 is 0 Å². The Morgan fingerprint density at radius 1 is 1.26 bits per heavy atom. The van der Waals surface area contributed by atoms with Gasteiger partial charge in [0.1, 0.15) is 0 Å². The average Bonchev–Trinajstić information content (AvgIpc) is 2.52. The van der Waals surface area contributed by atoms with Gasteiger partial charge in [0.25, 0.3) is 17.5 Å². The average molecular weight is 264 g/mol. The van der Waals surface area contributed by atoms with Crippen molar-refractivity contribution in [3.05, 3.63) is 39.4 Å². The van der Waals surface area contributed by atoms with Gasteiger partial charge in [-0.25, -0.2) is 0 Å². The zero-order valence-electron chi connectivity index (χ0n) is 10.4. The van der Waals surface area contributed by atoms with Crippen molar-refractivity contribution in [1.29, 1.82) is 0 Å². The number of hydrogen-bond acceptors (Lipinski definition) is 5. The molecule has 0 atom stereocenters. The molecule has 19 heavy (non-hydrogen) atoms. The Morgan fingerprint density at radius 3 is 2.37 bits per heavy atom.